The van der Waals surface area contributed by atoms with Crippen molar-refractivity contribution in [3.63, 3.8) is 0 Å². The molecule has 0 amide bonds. The molecule has 3 aliphatic rings. The summed E-state index contributed by atoms with van der Waals surface area (Å²) >= 11 is 7.38. The van der Waals surface area contributed by atoms with Gasteiger partial charge in [0, 0.05) is 11.7 Å². The first-order valence-electron chi connectivity index (χ1n) is 7.43. The van der Waals surface area contributed by atoms with Crippen LogP contribution in [-0.2, 0) is 9.47 Å². The van der Waals surface area contributed by atoms with Crippen molar-refractivity contribution >= 4 is 28.2 Å². The minimum absolute atomic E-state index is 0.0906. The number of hydrogen-bond acceptors (Lipinski definition) is 4. The Kier molecular flexibility index (Phi) is 4.66. The van der Waals surface area contributed by atoms with Crippen LogP contribution in [0.3, 0.4) is 0 Å². The van der Waals surface area contributed by atoms with E-state index in [0.29, 0.717) is 18.1 Å². The highest BCUT2D eigenvalue weighted by atomic mass is 32.2. The van der Waals surface area contributed by atoms with Crippen molar-refractivity contribution in [2.75, 3.05) is 5.75 Å². The number of thiocarbonyl (C=S) groups is 1. The molecule has 0 N–H and O–H groups in total. The molecule has 0 aromatic carbocycles. The third-order valence-electron chi connectivity index (χ3n) is 4.40. The summed E-state index contributed by atoms with van der Waals surface area (Å²) in [4.78, 5) is 0. The van der Waals surface area contributed by atoms with Crippen LogP contribution in [0.1, 0.15) is 53.9 Å². The fraction of sp³-hybridized carbons (Fsp3) is 0.933. The Hall–Kier alpha value is 0.360. The lowest BCUT2D eigenvalue weighted by Crippen LogP contribution is -2.25. The van der Waals surface area contributed by atoms with Gasteiger partial charge in [0.05, 0.1) is 27.6 Å². The van der Waals surface area contributed by atoms with Gasteiger partial charge in [-0.1, -0.05) is 26.1 Å². The number of hydrogen-bond donors (Lipinski definition) is 0. The molecule has 2 saturated heterocycles. The number of fused-ring (bicyclic) bond motifs is 1. The van der Waals surface area contributed by atoms with Crippen molar-refractivity contribution in [2.45, 2.75) is 77.3 Å². The van der Waals surface area contributed by atoms with Crippen LogP contribution < -0.4 is 0 Å². The molecule has 0 aromatic heterocycles. The molecule has 0 aromatic rings. The van der Waals surface area contributed by atoms with Crippen molar-refractivity contribution in [1.29, 1.82) is 0 Å². The van der Waals surface area contributed by atoms with Gasteiger partial charge < -0.3 is 9.47 Å². The van der Waals surface area contributed by atoms with Crippen molar-refractivity contribution < 1.29 is 9.47 Å². The molecule has 4 heteroatoms. The van der Waals surface area contributed by atoms with Gasteiger partial charge in [0.2, 0.25) is 0 Å². The summed E-state index contributed by atoms with van der Waals surface area (Å²) in [5.41, 5.74) is 0.297. The van der Waals surface area contributed by atoms with Gasteiger partial charge >= 0.3 is 0 Å². The summed E-state index contributed by atoms with van der Waals surface area (Å²) in [7, 11) is 0. The molecule has 2 heterocycles. The molecule has 2 nitrogen and oxygen atoms in total. The second kappa shape index (κ2) is 5.63. The number of ether oxygens (including phenoxy) is 2. The fourth-order valence-corrected chi connectivity index (χ4v) is 4.36. The largest absolute Gasteiger partial charge is 0.366 e. The first kappa shape index (κ1) is 15.7. The molecule has 1 saturated carbocycles. The molecule has 19 heavy (non-hydrogen) atoms. The standard InChI is InChI=1S/C13H20O2S2.C2H6/c1-12(2)10(14-12)7-17-11(16)8-4-5-13(3)9(6-8)15-13;1-2/h8-10H,4-7H2,1-3H3;1-2H3. The highest BCUT2D eigenvalue weighted by Crippen LogP contribution is 2.50. The Bertz CT molecular complexity index is 356. The molecule has 4 atom stereocenters. The molecule has 1 aliphatic carbocycles. The average molecular weight is 303 g/mol. The van der Waals surface area contributed by atoms with Crippen molar-refractivity contribution in [3.8, 4) is 0 Å². The third-order valence-corrected chi connectivity index (χ3v) is 6.17. The maximum atomic E-state index is 5.72. The fourth-order valence-electron chi connectivity index (χ4n) is 2.70. The van der Waals surface area contributed by atoms with Crippen LogP contribution >= 0.6 is 24.0 Å². The lowest BCUT2D eigenvalue weighted by atomic mass is 9.84. The second-order valence-corrected chi connectivity index (χ2v) is 7.99. The van der Waals surface area contributed by atoms with E-state index in [0.717, 1.165) is 12.2 Å². The van der Waals surface area contributed by atoms with Crippen molar-refractivity contribution in [2.24, 2.45) is 5.92 Å². The van der Waals surface area contributed by atoms with Gasteiger partial charge in [0.15, 0.2) is 0 Å². The molecule has 4 unspecified atom stereocenters. The van der Waals surface area contributed by atoms with E-state index in [2.05, 4.69) is 20.8 Å². The topological polar surface area (TPSA) is 25.1 Å². The molecule has 2 aliphatic heterocycles. The lowest BCUT2D eigenvalue weighted by molar-refractivity contribution is 0.304. The second-order valence-electron chi connectivity index (χ2n) is 6.23. The highest BCUT2D eigenvalue weighted by Gasteiger charge is 2.55. The van der Waals surface area contributed by atoms with Crippen LogP contribution in [-0.4, -0.2) is 33.4 Å². The van der Waals surface area contributed by atoms with Gasteiger partial charge in [-0.3, -0.25) is 0 Å². The lowest BCUT2D eigenvalue weighted by Gasteiger charge is -2.22. The first-order valence-corrected chi connectivity index (χ1v) is 8.82. The molecule has 0 radical (unpaired) electrons. The Balaban J connectivity index is 0.000000637. The Morgan fingerprint density at radius 1 is 1.26 bits per heavy atom. The summed E-state index contributed by atoms with van der Waals surface area (Å²) in [5.74, 6) is 1.60. The molecule has 110 valence electrons. The van der Waals surface area contributed by atoms with Gasteiger partial charge in [-0.05, 0) is 40.0 Å². The molecular formula is C15H26O2S2. The number of epoxide rings is 2. The Morgan fingerprint density at radius 3 is 2.42 bits per heavy atom. The minimum atomic E-state index is 0.0906. The molecule has 0 bridgehead atoms. The van der Waals surface area contributed by atoms with E-state index in [1.54, 1.807) is 0 Å². The summed E-state index contributed by atoms with van der Waals surface area (Å²) in [5, 5.41) is 0. The minimum Gasteiger partial charge on any atom is -0.366 e. The van der Waals surface area contributed by atoms with Crippen LogP contribution in [0.4, 0.5) is 0 Å². The number of rotatable bonds is 3. The molecular weight excluding hydrogens is 276 g/mol. The van der Waals surface area contributed by atoms with Crippen LogP contribution in [0.25, 0.3) is 0 Å². The van der Waals surface area contributed by atoms with Gasteiger partial charge in [-0.25, -0.2) is 0 Å². The van der Waals surface area contributed by atoms with E-state index in [4.69, 9.17) is 21.7 Å². The highest BCUT2D eigenvalue weighted by molar-refractivity contribution is 8.23. The Morgan fingerprint density at radius 2 is 1.89 bits per heavy atom. The van der Waals surface area contributed by atoms with Crippen molar-refractivity contribution in [1.82, 2.24) is 0 Å². The van der Waals surface area contributed by atoms with E-state index in [-0.39, 0.29) is 11.2 Å². The van der Waals surface area contributed by atoms with Crippen molar-refractivity contribution in [3.05, 3.63) is 0 Å². The van der Waals surface area contributed by atoms with Gasteiger partial charge in [0.1, 0.15) is 0 Å². The zero-order valence-corrected chi connectivity index (χ0v) is 14.3. The van der Waals surface area contributed by atoms with E-state index >= 15 is 0 Å². The maximum absolute atomic E-state index is 5.72. The number of thioether (sulfide) groups is 1. The zero-order valence-electron chi connectivity index (χ0n) is 12.7. The van der Waals surface area contributed by atoms with E-state index in [1.807, 2.05) is 25.6 Å². The van der Waals surface area contributed by atoms with Gasteiger partial charge in [-0.15, -0.1) is 11.8 Å². The maximum Gasteiger partial charge on any atom is 0.0961 e. The summed E-state index contributed by atoms with van der Waals surface area (Å²) in [6.45, 7) is 10.5. The van der Waals surface area contributed by atoms with E-state index in [9.17, 15) is 0 Å². The summed E-state index contributed by atoms with van der Waals surface area (Å²) in [6, 6.07) is 0. The van der Waals surface area contributed by atoms with Crippen LogP contribution in [0.15, 0.2) is 0 Å². The third kappa shape index (κ3) is 3.52. The molecule has 3 rings (SSSR count). The van der Waals surface area contributed by atoms with E-state index < -0.39 is 0 Å². The predicted molar refractivity (Wildman–Crippen MR) is 86.0 cm³/mol. The zero-order chi connectivity index (χ0) is 14.3. The SMILES string of the molecule is CC.CC1(C)OC1CSC(=S)C1CCC2(C)OC2C1. The van der Waals surface area contributed by atoms with E-state index in [1.165, 1.54) is 17.0 Å². The van der Waals surface area contributed by atoms with Gasteiger partial charge in [0.25, 0.3) is 0 Å². The average Bonchev–Trinajstić information content (AvgIpc) is 3.22. The summed E-state index contributed by atoms with van der Waals surface area (Å²) in [6.07, 6.45) is 4.39. The smallest absolute Gasteiger partial charge is 0.0961 e. The molecule has 0 spiro atoms. The predicted octanol–water partition coefficient (Wildman–Crippen LogP) is 4.21. The van der Waals surface area contributed by atoms with Crippen LogP contribution in [0.2, 0.25) is 0 Å². The first-order chi connectivity index (χ1) is 8.91. The monoisotopic (exact) mass is 302 g/mol. The van der Waals surface area contributed by atoms with Gasteiger partial charge in [-0.2, -0.15) is 0 Å². The molecule has 3 fully saturated rings. The summed E-state index contributed by atoms with van der Waals surface area (Å²) < 4.78 is 12.5. The quantitative estimate of drug-likeness (QED) is 0.576. The van der Waals surface area contributed by atoms with Crippen LogP contribution in [0.5, 0.6) is 0 Å². The van der Waals surface area contributed by atoms with Crippen LogP contribution in [0, 0.1) is 5.92 Å². The Labute approximate surface area is 127 Å². The normalized spacial score (nSPS) is 41.6.